The van der Waals surface area contributed by atoms with Gasteiger partial charge in [-0.3, -0.25) is 0 Å². The Bertz CT molecular complexity index is 852. The van der Waals surface area contributed by atoms with Gasteiger partial charge in [0.1, 0.15) is 17.9 Å². The number of fused-ring (bicyclic) bond motifs is 3. The fourth-order valence-electron chi connectivity index (χ4n) is 2.68. The first kappa shape index (κ1) is 15.7. The van der Waals surface area contributed by atoms with E-state index in [9.17, 15) is 10.2 Å². The lowest BCUT2D eigenvalue weighted by atomic mass is 10.2. The highest BCUT2D eigenvalue weighted by molar-refractivity contribution is 6.06. The van der Waals surface area contributed by atoms with Crippen molar-refractivity contribution in [1.29, 1.82) is 0 Å². The third kappa shape index (κ3) is 2.98. The fourth-order valence-corrected chi connectivity index (χ4v) is 2.68. The van der Waals surface area contributed by atoms with Gasteiger partial charge in [-0.1, -0.05) is 18.2 Å². The van der Waals surface area contributed by atoms with E-state index in [2.05, 4.69) is 9.97 Å². The Kier molecular flexibility index (Phi) is 3.93. The van der Waals surface area contributed by atoms with Crippen LogP contribution in [0.3, 0.4) is 0 Å². The number of para-hydroxylation sites is 1. The summed E-state index contributed by atoms with van der Waals surface area (Å²) in [5, 5.41) is 20.6. The lowest BCUT2D eigenvalue weighted by Crippen LogP contribution is -2.30. The van der Waals surface area contributed by atoms with Crippen LogP contribution in [0, 0.1) is 0 Å². The minimum absolute atomic E-state index is 0.0423. The molecule has 4 N–H and O–H groups in total. The average molecular weight is 316 g/mol. The molecule has 0 aliphatic heterocycles. The van der Waals surface area contributed by atoms with Crippen LogP contribution in [0.5, 0.6) is 0 Å². The highest BCUT2D eigenvalue weighted by Gasteiger charge is 2.23. The summed E-state index contributed by atoms with van der Waals surface area (Å²) in [7, 11) is 0. The van der Waals surface area contributed by atoms with E-state index in [0.29, 0.717) is 23.8 Å². The normalized spacial score (nSPS) is 12.3. The molecule has 1 aromatic carbocycles. The molecule has 3 aromatic rings. The second-order valence-electron chi connectivity index (χ2n) is 5.68. The van der Waals surface area contributed by atoms with E-state index in [-0.39, 0.29) is 13.2 Å². The highest BCUT2D eigenvalue weighted by Crippen LogP contribution is 2.29. The molecule has 23 heavy (non-hydrogen) atoms. The van der Waals surface area contributed by atoms with Gasteiger partial charge in [0, 0.05) is 12.0 Å². The molecule has 0 atom stereocenters. The standard InChI is InChI=1S/C16H20N4O3/c1-3-23-8-12-19-13-14(20(12)9-16(2,21)22)10-6-4-5-7-11(10)18-15(13)17/h4-7,21-22H,3,8-9H2,1-2H3,(H2,17,18). The predicted molar refractivity (Wildman–Crippen MR) is 87.6 cm³/mol. The van der Waals surface area contributed by atoms with Gasteiger partial charge in [-0.2, -0.15) is 0 Å². The molecule has 0 aliphatic rings. The first-order valence-corrected chi connectivity index (χ1v) is 7.46. The summed E-state index contributed by atoms with van der Waals surface area (Å²) in [6.45, 7) is 3.97. The minimum Gasteiger partial charge on any atom is -0.382 e. The van der Waals surface area contributed by atoms with Gasteiger partial charge in [-0.25, -0.2) is 9.97 Å². The number of hydrogen-bond acceptors (Lipinski definition) is 6. The third-order valence-corrected chi connectivity index (χ3v) is 3.58. The molecule has 0 radical (unpaired) electrons. The van der Waals surface area contributed by atoms with Crippen molar-refractivity contribution >= 4 is 27.8 Å². The molecule has 0 unspecified atom stereocenters. The maximum absolute atomic E-state index is 9.86. The Balaban J connectivity index is 2.32. The maximum atomic E-state index is 9.86. The van der Waals surface area contributed by atoms with Crippen LogP contribution in [-0.4, -0.2) is 37.1 Å². The molecule has 0 saturated heterocycles. The van der Waals surface area contributed by atoms with Crippen molar-refractivity contribution in [3.05, 3.63) is 30.1 Å². The quantitative estimate of drug-likeness (QED) is 0.614. The zero-order valence-corrected chi connectivity index (χ0v) is 13.2. The van der Waals surface area contributed by atoms with Crippen LogP contribution in [0.1, 0.15) is 19.7 Å². The second kappa shape index (κ2) is 5.77. The number of imidazole rings is 1. The molecule has 0 aliphatic carbocycles. The summed E-state index contributed by atoms with van der Waals surface area (Å²) in [5.41, 5.74) is 8.06. The summed E-state index contributed by atoms with van der Waals surface area (Å²) in [5.74, 6) is -0.984. The Morgan fingerprint density at radius 1 is 1.26 bits per heavy atom. The number of aromatic nitrogens is 3. The number of benzene rings is 1. The highest BCUT2D eigenvalue weighted by atomic mass is 16.5. The van der Waals surface area contributed by atoms with E-state index in [0.717, 1.165) is 16.4 Å². The Hall–Kier alpha value is -2.22. The van der Waals surface area contributed by atoms with Gasteiger partial charge < -0.3 is 25.3 Å². The Morgan fingerprint density at radius 3 is 2.70 bits per heavy atom. The van der Waals surface area contributed by atoms with Crippen LogP contribution in [0.4, 0.5) is 5.82 Å². The van der Waals surface area contributed by atoms with Crippen LogP contribution in [0.25, 0.3) is 21.9 Å². The first-order chi connectivity index (χ1) is 10.9. The molecule has 0 bridgehead atoms. The monoisotopic (exact) mass is 316 g/mol. The molecular weight excluding hydrogens is 296 g/mol. The molecule has 3 rings (SSSR count). The fraction of sp³-hybridized carbons (Fsp3) is 0.375. The number of nitrogens with zero attached hydrogens (tertiary/aromatic N) is 3. The molecule has 0 spiro atoms. The van der Waals surface area contributed by atoms with E-state index in [4.69, 9.17) is 10.5 Å². The largest absolute Gasteiger partial charge is 0.382 e. The van der Waals surface area contributed by atoms with Gasteiger partial charge in [-0.05, 0) is 19.9 Å². The Labute approximate surface area is 133 Å². The van der Waals surface area contributed by atoms with Gasteiger partial charge in [-0.15, -0.1) is 0 Å². The van der Waals surface area contributed by atoms with Crippen LogP contribution < -0.4 is 5.73 Å². The number of pyridine rings is 1. The van der Waals surface area contributed by atoms with Crippen LogP contribution in [0.15, 0.2) is 24.3 Å². The van der Waals surface area contributed by atoms with Crippen LogP contribution in [-0.2, 0) is 17.9 Å². The Morgan fingerprint density at radius 2 is 2.00 bits per heavy atom. The number of nitrogen functional groups attached to an aromatic ring is 1. The van der Waals surface area contributed by atoms with Crippen molar-refractivity contribution in [3.63, 3.8) is 0 Å². The maximum Gasteiger partial charge on any atom is 0.178 e. The molecule has 2 aromatic heterocycles. The van der Waals surface area contributed by atoms with Gasteiger partial charge >= 0.3 is 0 Å². The first-order valence-electron chi connectivity index (χ1n) is 7.46. The number of ether oxygens (including phenoxy) is 1. The SMILES string of the molecule is CCOCc1nc2c(N)nc3ccccc3c2n1CC(C)(O)O. The third-order valence-electron chi connectivity index (χ3n) is 3.58. The summed E-state index contributed by atoms with van der Waals surface area (Å²) < 4.78 is 7.19. The average Bonchev–Trinajstić information content (AvgIpc) is 2.83. The molecule has 0 fully saturated rings. The van der Waals surface area contributed by atoms with Crippen molar-refractivity contribution in [2.75, 3.05) is 12.3 Å². The lowest BCUT2D eigenvalue weighted by molar-refractivity contribution is -0.154. The molecular formula is C16H20N4O3. The van der Waals surface area contributed by atoms with Gasteiger partial charge in [0.25, 0.3) is 0 Å². The van der Waals surface area contributed by atoms with E-state index < -0.39 is 5.79 Å². The minimum atomic E-state index is -1.88. The number of aliphatic hydroxyl groups is 2. The van der Waals surface area contributed by atoms with E-state index >= 15 is 0 Å². The molecule has 7 heteroatoms. The number of rotatable bonds is 5. The van der Waals surface area contributed by atoms with Gasteiger partial charge in [0.15, 0.2) is 11.6 Å². The molecule has 122 valence electrons. The van der Waals surface area contributed by atoms with Crippen LogP contribution >= 0.6 is 0 Å². The summed E-state index contributed by atoms with van der Waals surface area (Å²) in [6, 6.07) is 7.56. The summed E-state index contributed by atoms with van der Waals surface area (Å²) in [4.78, 5) is 8.88. The van der Waals surface area contributed by atoms with E-state index in [1.54, 1.807) is 4.57 Å². The van der Waals surface area contributed by atoms with Gasteiger partial charge in [0.2, 0.25) is 0 Å². The predicted octanol–water partition coefficient (Wildman–Crippen LogP) is 1.40. The summed E-state index contributed by atoms with van der Waals surface area (Å²) >= 11 is 0. The van der Waals surface area contributed by atoms with Gasteiger partial charge in [0.05, 0.1) is 17.6 Å². The van der Waals surface area contributed by atoms with Crippen molar-refractivity contribution in [2.24, 2.45) is 0 Å². The molecule has 2 heterocycles. The lowest BCUT2D eigenvalue weighted by Gasteiger charge is -2.19. The topological polar surface area (TPSA) is 106 Å². The van der Waals surface area contributed by atoms with Crippen molar-refractivity contribution in [2.45, 2.75) is 32.8 Å². The van der Waals surface area contributed by atoms with E-state index in [1.165, 1.54) is 6.92 Å². The molecule has 0 amide bonds. The smallest absolute Gasteiger partial charge is 0.178 e. The zero-order valence-electron chi connectivity index (χ0n) is 13.2. The van der Waals surface area contributed by atoms with E-state index in [1.807, 2.05) is 31.2 Å². The number of anilines is 1. The van der Waals surface area contributed by atoms with Crippen molar-refractivity contribution < 1.29 is 14.9 Å². The van der Waals surface area contributed by atoms with Crippen LogP contribution in [0.2, 0.25) is 0 Å². The zero-order chi connectivity index (χ0) is 16.6. The number of hydrogen-bond donors (Lipinski definition) is 3. The van der Waals surface area contributed by atoms with Crippen molar-refractivity contribution in [1.82, 2.24) is 14.5 Å². The molecule has 0 saturated carbocycles. The molecule has 7 nitrogen and oxygen atoms in total. The van der Waals surface area contributed by atoms with Crippen molar-refractivity contribution in [3.8, 4) is 0 Å². The second-order valence-corrected chi connectivity index (χ2v) is 5.68. The summed E-state index contributed by atoms with van der Waals surface area (Å²) in [6.07, 6.45) is 0. The number of nitrogens with two attached hydrogens (primary N) is 1.